The first-order valence-corrected chi connectivity index (χ1v) is 6.85. The summed E-state index contributed by atoms with van der Waals surface area (Å²) in [5.41, 5.74) is 1.27. The second kappa shape index (κ2) is 7.21. The van der Waals surface area contributed by atoms with E-state index in [1.54, 1.807) is 55.5 Å². The van der Waals surface area contributed by atoms with Gasteiger partial charge >= 0.3 is 6.09 Å². The maximum absolute atomic E-state index is 12.0. The molecule has 1 amide bonds. The van der Waals surface area contributed by atoms with E-state index in [-0.39, 0.29) is 6.61 Å². The van der Waals surface area contributed by atoms with E-state index >= 15 is 0 Å². The number of hydrazine groups is 1. The van der Waals surface area contributed by atoms with Crippen molar-refractivity contribution >= 4 is 6.09 Å². The monoisotopic (exact) mass is 300 g/mol. The number of hydrogen-bond donors (Lipinski definition) is 0. The van der Waals surface area contributed by atoms with Crippen LogP contribution in [-0.2, 0) is 4.74 Å². The second-order valence-corrected chi connectivity index (χ2v) is 4.51. The molecule has 2 aromatic rings. The molecule has 114 valence electrons. The molecular formula is C16H16N2O4. The van der Waals surface area contributed by atoms with Crippen LogP contribution in [0, 0.1) is 10.1 Å². The molecule has 0 unspecified atom stereocenters. The molecule has 0 bridgehead atoms. The first kappa shape index (κ1) is 15.5. The highest BCUT2D eigenvalue weighted by atomic mass is 16.7. The van der Waals surface area contributed by atoms with Crippen LogP contribution < -0.4 is 0 Å². The summed E-state index contributed by atoms with van der Waals surface area (Å²) < 4.78 is 4.83. The molecule has 0 aromatic heterocycles. The highest BCUT2D eigenvalue weighted by Crippen LogP contribution is 2.29. The van der Waals surface area contributed by atoms with Gasteiger partial charge in [-0.15, -0.1) is 0 Å². The minimum absolute atomic E-state index is 0.0689. The molecule has 0 aliphatic rings. The number of carbonyl (C=O) groups is 1. The highest BCUT2D eigenvalue weighted by Gasteiger charge is 2.37. The Morgan fingerprint density at radius 1 is 1.09 bits per heavy atom. The van der Waals surface area contributed by atoms with E-state index in [0.29, 0.717) is 16.1 Å². The van der Waals surface area contributed by atoms with E-state index in [2.05, 4.69) is 0 Å². The largest absolute Gasteiger partial charge is 0.469 e. The molecule has 0 aliphatic heterocycles. The second-order valence-electron chi connectivity index (χ2n) is 4.51. The van der Waals surface area contributed by atoms with Crippen LogP contribution >= 0.6 is 0 Å². The van der Waals surface area contributed by atoms with Crippen molar-refractivity contribution in [2.45, 2.75) is 13.0 Å². The van der Waals surface area contributed by atoms with Gasteiger partial charge in [0.1, 0.15) is 0 Å². The highest BCUT2D eigenvalue weighted by molar-refractivity contribution is 5.67. The van der Waals surface area contributed by atoms with Crippen molar-refractivity contribution in [2.24, 2.45) is 0 Å². The molecule has 0 heterocycles. The number of nitrogens with zero attached hydrogens (tertiary/aromatic N) is 2. The van der Waals surface area contributed by atoms with E-state index < -0.39 is 17.2 Å². The maximum atomic E-state index is 12.0. The van der Waals surface area contributed by atoms with E-state index in [4.69, 9.17) is 4.74 Å². The Labute approximate surface area is 128 Å². The third-order valence-electron chi connectivity index (χ3n) is 3.11. The van der Waals surface area contributed by atoms with Crippen molar-refractivity contribution in [3.05, 3.63) is 81.9 Å². The minimum atomic E-state index is -0.981. The normalized spacial score (nSPS) is 10.3. The van der Waals surface area contributed by atoms with Crippen LogP contribution in [0.3, 0.4) is 0 Å². The lowest BCUT2D eigenvalue weighted by atomic mass is 9.98. The average molecular weight is 300 g/mol. The minimum Gasteiger partial charge on any atom is -0.446 e. The number of rotatable bonds is 5. The Balaban J connectivity index is 2.51. The summed E-state index contributed by atoms with van der Waals surface area (Å²) >= 11 is 0. The molecule has 0 fully saturated rings. The van der Waals surface area contributed by atoms with Crippen LogP contribution in [-0.4, -0.2) is 22.7 Å². The lowest BCUT2D eigenvalue weighted by Gasteiger charge is -2.23. The number of nitro groups is 1. The molecule has 0 atom stereocenters. The van der Waals surface area contributed by atoms with Gasteiger partial charge in [0, 0.05) is 0 Å². The van der Waals surface area contributed by atoms with Crippen molar-refractivity contribution in [3.63, 3.8) is 0 Å². The molecule has 0 saturated carbocycles. The summed E-state index contributed by atoms with van der Waals surface area (Å²) in [6.45, 7) is 1.68. The molecule has 6 heteroatoms. The predicted molar refractivity (Wildman–Crippen MR) is 80.6 cm³/mol. The SMILES string of the molecule is CCOC(=O)N(C(c1ccccc1)c1ccccc1)[N+](=O)[O-]. The van der Waals surface area contributed by atoms with Crippen molar-refractivity contribution in [2.75, 3.05) is 6.61 Å². The zero-order chi connectivity index (χ0) is 15.9. The number of carbonyl (C=O) groups excluding carboxylic acids is 1. The van der Waals surface area contributed by atoms with Crippen molar-refractivity contribution in [3.8, 4) is 0 Å². The first-order chi connectivity index (χ1) is 10.6. The molecule has 22 heavy (non-hydrogen) atoms. The van der Waals surface area contributed by atoms with Gasteiger partial charge in [0.15, 0.2) is 11.1 Å². The first-order valence-electron chi connectivity index (χ1n) is 6.85. The van der Waals surface area contributed by atoms with E-state index in [0.717, 1.165) is 0 Å². The van der Waals surface area contributed by atoms with Crippen LogP contribution in [0.25, 0.3) is 0 Å². The van der Waals surface area contributed by atoms with E-state index in [1.807, 2.05) is 12.1 Å². The number of benzene rings is 2. The third kappa shape index (κ3) is 3.41. The third-order valence-corrected chi connectivity index (χ3v) is 3.11. The zero-order valence-electron chi connectivity index (χ0n) is 12.1. The van der Waals surface area contributed by atoms with Gasteiger partial charge in [0.25, 0.3) is 0 Å². The maximum Gasteiger partial charge on any atom is 0.469 e. The predicted octanol–water partition coefficient (Wildman–Crippen LogP) is 3.43. The zero-order valence-corrected chi connectivity index (χ0v) is 12.1. The molecule has 0 radical (unpaired) electrons. The van der Waals surface area contributed by atoms with E-state index in [1.165, 1.54) is 0 Å². The lowest BCUT2D eigenvalue weighted by Crippen LogP contribution is -2.40. The van der Waals surface area contributed by atoms with Gasteiger partial charge < -0.3 is 4.74 Å². The summed E-state index contributed by atoms with van der Waals surface area (Å²) in [7, 11) is 0. The van der Waals surface area contributed by atoms with Crippen molar-refractivity contribution in [1.82, 2.24) is 5.01 Å². The number of amides is 1. The number of hydrogen-bond acceptors (Lipinski definition) is 4. The molecular weight excluding hydrogens is 284 g/mol. The van der Waals surface area contributed by atoms with Crippen LogP contribution in [0.4, 0.5) is 4.79 Å². The Kier molecular flexibility index (Phi) is 5.08. The van der Waals surface area contributed by atoms with Gasteiger partial charge in [-0.05, 0) is 23.1 Å². The van der Waals surface area contributed by atoms with Gasteiger partial charge in [0.2, 0.25) is 0 Å². The van der Waals surface area contributed by atoms with Gasteiger partial charge in [-0.25, -0.2) is 14.9 Å². The summed E-state index contributed by atoms with van der Waals surface area (Å²) in [6.07, 6.45) is -0.981. The van der Waals surface area contributed by atoms with Crippen LogP contribution in [0.5, 0.6) is 0 Å². The fraction of sp³-hybridized carbons (Fsp3) is 0.188. The summed E-state index contributed by atoms with van der Waals surface area (Å²) in [4.78, 5) is 23.5. The standard InChI is InChI=1S/C16H16N2O4/c1-2-22-16(19)17(18(20)21)15(13-9-5-3-6-10-13)14-11-7-4-8-12-14/h3-12,15H,2H2,1H3. The van der Waals surface area contributed by atoms with Gasteiger partial charge in [-0.2, -0.15) is 0 Å². The number of ether oxygens (including phenoxy) is 1. The Hall–Kier alpha value is -2.89. The van der Waals surface area contributed by atoms with Crippen LogP contribution in [0.1, 0.15) is 24.1 Å². The Morgan fingerprint density at radius 3 is 1.91 bits per heavy atom. The smallest absolute Gasteiger partial charge is 0.446 e. The van der Waals surface area contributed by atoms with Crippen molar-refractivity contribution < 1.29 is 14.6 Å². The summed E-state index contributed by atoms with van der Waals surface area (Å²) in [5.74, 6) is 0. The van der Waals surface area contributed by atoms with Crippen LogP contribution in [0.2, 0.25) is 0 Å². The lowest BCUT2D eigenvalue weighted by molar-refractivity contribution is -0.643. The Morgan fingerprint density at radius 2 is 1.55 bits per heavy atom. The summed E-state index contributed by atoms with van der Waals surface area (Å²) in [5, 5.41) is 11.2. The fourth-order valence-corrected chi connectivity index (χ4v) is 2.20. The average Bonchev–Trinajstić information content (AvgIpc) is 2.54. The Bertz CT molecular complexity index is 592. The summed E-state index contributed by atoms with van der Waals surface area (Å²) in [6, 6.07) is 16.8. The molecule has 0 saturated heterocycles. The van der Waals surface area contributed by atoms with Crippen LogP contribution in [0.15, 0.2) is 60.7 Å². The quantitative estimate of drug-likeness (QED) is 0.626. The van der Waals surface area contributed by atoms with Gasteiger partial charge in [-0.3, -0.25) is 0 Å². The van der Waals surface area contributed by atoms with Crippen molar-refractivity contribution in [1.29, 1.82) is 0 Å². The topological polar surface area (TPSA) is 72.7 Å². The van der Waals surface area contributed by atoms with E-state index in [9.17, 15) is 14.9 Å². The molecule has 2 rings (SSSR count). The molecule has 6 nitrogen and oxygen atoms in total. The van der Waals surface area contributed by atoms with Gasteiger partial charge in [-0.1, -0.05) is 60.7 Å². The molecule has 0 N–H and O–H groups in total. The molecule has 0 spiro atoms. The fourth-order valence-electron chi connectivity index (χ4n) is 2.20. The molecule has 0 aliphatic carbocycles. The molecule has 2 aromatic carbocycles. The van der Waals surface area contributed by atoms with Gasteiger partial charge in [0.05, 0.1) is 6.61 Å².